The molecule has 1 aromatic rings. The Morgan fingerprint density at radius 1 is 1.19 bits per heavy atom. The van der Waals surface area contributed by atoms with Gasteiger partial charge in [-0.2, -0.15) is 0 Å². The third kappa shape index (κ3) is 4.59. The summed E-state index contributed by atoms with van der Waals surface area (Å²) in [6.07, 6.45) is 0.419. The smallest absolute Gasteiger partial charge is 0.315 e. The fourth-order valence-electron chi connectivity index (χ4n) is 1.98. The molecule has 0 saturated heterocycles. The second kappa shape index (κ2) is 7.25. The second-order valence-electron chi connectivity index (χ2n) is 6.21. The number of carbonyl (C=O) groups excluding carboxylic acids is 1. The van der Waals surface area contributed by atoms with Crippen LogP contribution in [0.3, 0.4) is 0 Å². The van der Waals surface area contributed by atoms with Gasteiger partial charge in [-0.3, -0.25) is 9.59 Å². The van der Waals surface area contributed by atoms with Crippen LogP contribution in [-0.2, 0) is 15.0 Å². The molecule has 21 heavy (non-hydrogen) atoms. The molecule has 0 heterocycles. The number of rotatable bonds is 7. The van der Waals surface area contributed by atoms with Crippen molar-refractivity contribution < 1.29 is 14.7 Å². The van der Waals surface area contributed by atoms with E-state index in [1.54, 1.807) is 31.2 Å². The lowest BCUT2D eigenvalue weighted by molar-refractivity contribution is -0.143. The van der Waals surface area contributed by atoms with Crippen LogP contribution in [0.1, 0.15) is 39.7 Å². The highest BCUT2D eigenvalue weighted by Crippen LogP contribution is 2.23. The summed E-state index contributed by atoms with van der Waals surface area (Å²) >= 11 is 0. The maximum Gasteiger partial charge on any atom is 0.315 e. The van der Waals surface area contributed by atoms with Gasteiger partial charge in [-0.15, -0.1) is 0 Å². The summed E-state index contributed by atoms with van der Waals surface area (Å²) in [7, 11) is 0. The number of nitrogens with one attached hydrogen (secondary N) is 1. The first-order valence-corrected chi connectivity index (χ1v) is 7.33. The molecular weight excluding hydrogens is 266 g/mol. The zero-order chi connectivity index (χ0) is 16.0. The Kier molecular flexibility index (Phi) is 5.94. The van der Waals surface area contributed by atoms with Crippen molar-refractivity contribution in [2.75, 3.05) is 6.54 Å². The summed E-state index contributed by atoms with van der Waals surface area (Å²) < 4.78 is 0. The van der Waals surface area contributed by atoms with Crippen LogP contribution in [0.2, 0.25) is 0 Å². The van der Waals surface area contributed by atoms with Crippen molar-refractivity contribution in [3.63, 3.8) is 0 Å². The lowest BCUT2D eigenvalue weighted by atomic mass is 9.82. The maximum absolute atomic E-state index is 12.0. The van der Waals surface area contributed by atoms with Crippen molar-refractivity contribution in [2.24, 2.45) is 11.8 Å². The van der Waals surface area contributed by atoms with Gasteiger partial charge in [0.15, 0.2) is 0 Å². The molecule has 4 nitrogen and oxygen atoms in total. The predicted octanol–water partition coefficient (Wildman–Crippen LogP) is 2.83. The van der Waals surface area contributed by atoms with Crippen molar-refractivity contribution in [3.8, 4) is 0 Å². The normalized spacial score (nSPS) is 15.3. The molecule has 0 spiro atoms. The Morgan fingerprint density at radius 2 is 1.76 bits per heavy atom. The van der Waals surface area contributed by atoms with Gasteiger partial charge in [-0.05, 0) is 24.3 Å². The van der Waals surface area contributed by atoms with Gasteiger partial charge < -0.3 is 10.4 Å². The summed E-state index contributed by atoms with van der Waals surface area (Å²) in [6.45, 7) is 7.90. The topological polar surface area (TPSA) is 66.4 Å². The van der Waals surface area contributed by atoms with Gasteiger partial charge in [0.1, 0.15) is 5.41 Å². The standard InChI is InChI=1S/C17H25NO3/c1-12(2)13(3)10-15(19)18-11-17(4,16(20)21)14-8-6-5-7-9-14/h5-9,12-13H,10-11H2,1-4H3,(H,18,19)(H,20,21). The minimum atomic E-state index is -1.11. The van der Waals surface area contributed by atoms with Crippen LogP contribution < -0.4 is 5.32 Å². The molecule has 1 aromatic carbocycles. The van der Waals surface area contributed by atoms with E-state index in [2.05, 4.69) is 19.2 Å². The number of hydrogen-bond acceptors (Lipinski definition) is 2. The first kappa shape index (κ1) is 17.2. The molecule has 0 aromatic heterocycles. The number of benzene rings is 1. The van der Waals surface area contributed by atoms with Crippen molar-refractivity contribution in [3.05, 3.63) is 35.9 Å². The molecule has 2 N–H and O–H groups in total. The van der Waals surface area contributed by atoms with Crippen LogP contribution in [0.25, 0.3) is 0 Å². The molecule has 1 rings (SSSR count). The van der Waals surface area contributed by atoms with E-state index in [1.165, 1.54) is 0 Å². The van der Waals surface area contributed by atoms with Gasteiger partial charge in [0.2, 0.25) is 5.91 Å². The molecule has 116 valence electrons. The zero-order valence-corrected chi connectivity index (χ0v) is 13.2. The van der Waals surface area contributed by atoms with Gasteiger partial charge >= 0.3 is 5.97 Å². The van der Waals surface area contributed by atoms with Crippen LogP contribution in [-0.4, -0.2) is 23.5 Å². The molecule has 0 aliphatic rings. The van der Waals surface area contributed by atoms with E-state index in [-0.39, 0.29) is 18.4 Å². The number of amides is 1. The van der Waals surface area contributed by atoms with Gasteiger partial charge in [-0.1, -0.05) is 51.1 Å². The molecule has 0 radical (unpaired) electrons. The Hall–Kier alpha value is -1.84. The van der Waals surface area contributed by atoms with Gasteiger partial charge in [0.25, 0.3) is 0 Å². The van der Waals surface area contributed by atoms with Crippen LogP contribution in [0.15, 0.2) is 30.3 Å². The summed E-state index contributed by atoms with van der Waals surface area (Å²) in [5, 5.41) is 12.3. The Bertz CT molecular complexity index is 484. The van der Waals surface area contributed by atoms with Gasteiger partial charge in [0, 0.05) is 13.0 Å². The SMILES string of the molecule is CC(C)C(C)CC(=O)NCC(C)(C(=O)O)c1ccccc1. The lowest BCUT2D eigenvalue weighted by Crippen LogP contribution is -2.44. The zero-order valence-electron chi connectivity index (χ0n) is 13.2. The molecule has 0 aliphatic heterocycles. The number of carbonyl (C=O) groups is 2. The fraction of sp³-hybridized carbons (Fsp3) is 0.529. The molecule has 0 saturated carbocycles. The van der Waals surface area contributed by atoms with Crippen LogP contribution in [0.4, 0.5) is 0 Å². The number of hydrogen-bond donors (Lipinski definition) is 2. The van der Waals surface area contributed by atoms with E-state index in [0.29, 0.717) is 17.9 Å². The average molecular weight is 291 g/mol. The van der Waals surface area contributed by atoms with Crippen molar-refractivity contribution in [1.29, 1.82) is 0 Å². The van der Waals surface area contributed by atoms with E-state index < -0.39 is 11.4 Å². The number of aliphatic carboxylic acids is 1. The summed E-state index contributed by atoms with van der Waals surface area (Å²) in [5.74, 6) is -0.334. The molecule has 0 bridgehead atoms. The molecule has 0 aliphatic carbocycles. The van der Waals surface area contributed by atoms with E-state index in [1.807, 2.05) is 13.0 Å². The van der Waals surface area contributed by atoms with Gasteiger partial charge in [-0.25, -0.2) is 0 Å². The highest BCUT2D eigenvalue weighted by atomic mass is 16.4. The minimum absolute atomic E-state index is 0.0932. The summed E-state index contributed by atoms with van der Waals surface area (Å²) in [4.78, 5) is 23.6. The molecule has 1 amide bonds. The van der Waals surface area contributed by atoms with E-state index >= 15 is 0 Å². The fourth-order valence-corrected chi connectivity index (χ4v) is 1.98. The monoisotopic (exact) mass is 291 g/mol. The largest absolute Gasteiger partial charge is 0.481 e. The van der Waals surface area contributed by atoms with Crippen molar-refractivity contribution in [1.82, 2.24) is 5.32 Å². The first-order valence-electron chi connectivity index (χ1n) is 7.33. The number of carboxylic acids is 1. The quantitative estimate of drug-likeness (QED) is 0.812. The van der Waals surface area contributed by atoms with E-state index in [9.17, 15) is 14.7 Å². The van der Waals surface area contributed by atoms with E-state index in [0.717, 1.165) is 0 Å². The van der Waals surface area contributed by atoms with E-state index in [4.69, 9.17) is 0 Å². The Morgan fingerprint density at radius 3 is 2.24 bits per heavy atom. The number of carboxylic acid groups (broad SMARTS) is 1. The third-order valence-electron chi connectivity index (χ3n) is 4.17. The Labute approximate surface area is 126 Å². The summed E-state index contributed by atoms with van der Waals surface area (Å²) in [5.41, 5.74) is -0.424. The van der Waals surface area contributed by atoms with Crippen LogP contribution in [0, 0.1) is 11.8 Å². The average Bonchev–Trinajstić information content (AvgIpc) is 2.45. The minimum Gasteiger partial charge on any atom is -0.481 e. The molecule has 0 fully saturated rings. The van der Waals surface area contributed by atoms with Crippen LogP contribution in [0.5, 0.6) is 0 Å². The second-order valence-corrected chi connectivity index (χ2v) is 6.21. The molecule has 2 unspecified atom stereocenters. The molecule has 2 atom stereocenters. The first-order chi connectivity index (χ1) is 9.77. The predicted molar refractivity (Wildman–Crippen MR) is 83.1 cm³/mol. The molecule has 4 heteroatoms. The van der Waals surface area contributed by atoms with Crippen molar-refractivity contribution >= 4 is 11.9 Å². The maximum atomic E-state index is 12.0. The van der Waals surface area contributed by atoms with Crippen LogP contribution >= 0.6 is 0 Å². The highest BCUT2D eigenvalue weighted by Gasteiger charge is 2.35. The highest BCUT2D eigenvalue weighted by molar-refractivity contribution is 5.83. The third-order valence-corrected chi connectivity index (χ3v) is 4.17. The molecular formula is C17H25NO3. The lowest BCUT2D eigenvalue weighted by Gasteiger charge is -2.26. The Balaban J connectivity index is 2.73. The van der Waals surface area contributed by atoms with Gasteiger partial charge in [0.05, 0.1) is 0 Å². The van der Waals surface area contributed by atoms with Crippen molar-refractivity contribution in [2.45, 2.75) is 39.5 Å². The summed E-state index contributed by atoms with van der Waals surface area (Å²) in [6, 6.07) is 9.00.